The number of morpholine rings is 1. The summed E-state index contributed by atoms with van der Waals surface area (Å²) in [4.78, 5) is 2.40. The predicted molar refractivity (Wildman–Crippen MR) is 87.4 cm³/mol. The van der Waals surface area contributed by atoms with E-state index in [1.54, 1.807) is 0 Å². The fourth-order valence-electron chi connectivity index (χ4n) is 3.45. The van der Waals surface area contributed by atoms with Crippen LogP contribution in [0.1, 0.15) is 17.7 Å². The molecule has 2 aromatic heterocycles. The largest absolute Gasteiger partial charge is 0.394 e. The van der Waals surface area contributed by atoms with E-state index in [9.17, 15) is 0 Å². The molecule has 6 nitrogen and oxygen atoms in total. The van der Waals surface area contributed by atoms with Crippen LogP contribution in [0, 0.1) is 0 Å². The summed E-state index contributed by atoms with van der Waals surface area (Å²) < 4.78 is 7.40. The van der Waals surface area contributed by atoms with Crippen LogP contribution in [0.5, 0.6) is 0 Å². The van der Waals surface area contributed by atoms with Crippen molar-refractivity contribution < 1.29 is 4.74 Å². The van der Waals surface area contributed by atoms with Crippen LogP contribution in [-0.2, 0) is 17.6 Å². The van der Waals surface area contributed by atoms with Crippen LogP contribution in [0.25, 0.3) is 5.52 Å². The zero-order valence-electron chi connectivity index (χ0n) is 12.8. The van der Waals surface area contributed by atoms with E-state index >= 15 is 0 Å². The van der Waals surface area contributed by atoms with Crippen LogP contribution < -0.4 is 11.1 Å². The number of hydrogen-bond acceptors (Lipinski definition) is 5. The predicted octanol–water partition coefficient (Wildman–Crippen LogP) is 1.15. The molecule has 4 rings (SSSR count). The Morgan fingerprint density at radius 2 is 2.09 bits per heavy atom. The number of rotatable bonds is 4. The highest BCUT2D eigenvalue weighted by molar-refractivity contribution is 5.81. The lowest BCUT2D eigenvalue weighted by Gasteiger charge is -2.26. The molecule has 0 radical (unpaired) electrons. The standard InChI is InChI=1S/C16H23N5O/c17-15-14-5-4-12-2-1-3-13(12)21(14)19-16(15)18-6-7-20-8-10-22-11-9-20/h4-5H,1-3,6-11,17H2,(H,18,19). The molecule has 2 aromatic rings. The maximum Gasteiger partial charge on any atom is 0.172 e. The van der Waals surface area contributed by atoms with Gasteiger partial charge in [0.2, 0.25) is 0 Å². The number of nitrogens with one attached hydrogen (secondary N) is 1. The molecule has 22 heavy (non-hydrogen) atoms. The van der Waals surface area contributed by atoms with Crippen molar-refractivity contribution in [3.8, 4) is 0 Å². The summed E-state index contributed by atoms with van der Waals surface area (Å²) in [5, 5.41) is 8.11. The highest BCUT2D eigenvalue weighted by Gasteiger charge is 2.18. The van der Waals surface area contributed by atoms with E-state index in [2.05, 4.69) is 22.3 Å². The molecule has 0 atom stereocenters. The van der Waals surface area contributed by atoms with Gasteiger partial charge in [0.15, 0.2) is 5.82 Å². The first-order valence-electron chi connectivity index (χ1n) is 8.16. The first-order chi connectivity index (χ1) is 10.8. The smallest absolute Gasteiger partial charge is 0.172 e. The average molecular weight is 301 g/mol. The molecule has 0 unspecified atom stereocenters. The minimum Gasteiger partial charge on any atom is -0.394 e. The molecular weight excluding hydrogens is 278 g/mol. The third-order valence-electron chi connectivity index (χ3n) is 4.71. The van der Waals surface area contributed by atoms with E-state index in [4.69, 9.17) is 15.6 Å². The Balaban J connectivity index is 1.48. The van der Waals surface area contributed by atoms with Crippen molar-refractivity contribution in [1.82, 2.24) is 14.5 Å². The van der Waals surface area contributed by atoms with E-state index in [0.717, 1.165) is 69.3 Å². The summed E-state index contributed by atoms with van der Waals surface area (Å²) in [7, 11) is 0. The molecule has 0 saturated carbocycles. The van der Waals surface area contributed by atoms with Gasteiger partial charge in [-0.05, 0) is 30.9 Å². The minimum atomic E-state index is 0.761. The van der Waals surface area contributed by atoms with E-state index < -0.39 is 0 Å². The van der Waals surface area contributed by atoms with Crippen molar-refractivity contribution in [2.24, 2.45) is 0 Å². The SMILES string of the molecule is Nc1c(NCCN2CCOCC2)nn2c3c(ccc12)CCC3. The molecule has 1 aliphatic heterocycles. The lowest BCUT2D eigenvalue weighted by atomic mass is 10.2. The zero-order valence-corrected chi connectivity index (χ0v) is 12.8. The molecule has 1 aliphatic carbocycles. The molecule has 3 heterocycles. The van der Waals surface area contributed by atoms with Crippen molar-refractivity contribution >= 4 is 17.0 Å². The Morgan fingerprint density at radius 3 is 2.95 bits per heavy atom. The monoisotopic (exact) mass is 301 g/mol. The Morgan fingerprint density at radius 1 is 1.23 bits per heavy atom. The van der Waals surface area contributed by atoms with Crippen molar-refractivity contribution in [3.63, 3.8) is 0 Å². The first kappa shape index (κ1) is 13.8. The number of nitrogen functional groups attached to an aromatic ring is 1. The van der Waals surface area contributed by atoms with Gasteiger partial charge in [-0.3, -0.25) is 4.90 Å². The molecule has 6 heteroatoms. The molecule has 2 aliphatic rings. The number of anilines is 2. The van der Waals surface area contributed by atoms with Gasteiger partial charge in [0.25, 0.3) is 0 Å². The van der Waals surface area contributed by atoms with E-state index in [-0.39, 0.29) is 0 Å². The first-order valence-corrected chi connectivity index (χ1v) is 8.16. The fraction of sp³-hybridized carbons (Fsp3) is 0.562. The fourth-order valence-corrected chi connectivity index (χ4v) is 3.45. The third kappa shape index (κ3) is 2.42. The van der Waals surface area contributed by atoms with Gasteiger partial charge in [-0.2, -0.15) is 0 Å². The molecule has 3 N–H and O–H groups in total. The van der Waals surface area contributed by atoms with Gasteiger partial charge in [0.05, 0.1) is 18.7 Å². The van der Waals surface area contributed by atoms with Crippen LogP contribution >= 0.6 is 0 Å². The molecule has 118 valence electrons. The lowest BCUT2D eigenvalue weighted by Crippen LogP contribution is -2.39. The van der Waals surface area contributed by atoms with Crippen LogP contribution in [-0.4, -0.2) is 53.9 Å². The maximum atomic E-state index is 6.27. The molecular formula is C16H23N5O. The summed E-state index contributed by atoms with van der Waals surface area (Å²) in [6, 6.07) is 4.30. The Kier molecular flexibility index (Phi) is 3.63. The van der Waals surface area contributed by atoms with Crippen LogP contribution in [0.2, 0.25) is 0 Å². The van der Waals surface area contributed by atoms with Crippen molar-refractivity contribution in [2.45, 2.75) is 19.3 Å². The Bertz CT molecular complexity index is 675. The van der Waals surface area contributed by atoms with Crippen LogP contribution in [0.3, 0.4) is 0 Å². The molecule has 1 fully saturated rings. The van der Waals surface area contributed by atoms with Crippen molar-refractivity contribution in [2.75, 3.05) is 50.4 Å². The third-order valence-corrected chi connectivity index (χ3v) is 4.71. The molecule has 0 spiro atoms. The minimum absolute atomic E-state index is 0.761. The molecule has 0 aromatic carbocycles. The Hall–Kier alpha value is -1.79. The maximum absolute atomic E-state index is 6.27. The molecule has 1 saturated heterocycles. The van der Waals surface area contributed by atoms with E-state index in [1.807, 2.05) is 4.52 Å². The van der Waals surface area contributed by atoms with Gasteiger partial charge in [-0.25, -0.2) is 4.52 Å². The number of fused-ring (bicyclic) bond motifs is 3. The number of nitrogens with two attached hydrogens (primary N) is 1. The second kappa shape index (κ2) is 5.78. The van der Waals surface area contributed by atoms with Gasteiger partial charge in [-0.15, -0.1) is 5.10 Å². The molecule has 0 bridgehead atoms. The highest BCUT2D eigenvalue weighted by atomic mass is 16.5. The quantitative estimate of drug-likeness (QED) is 0.887. The molecule has 0 amide bonds. The Labute approximate surface area is 130 Å². The van der Waals surface area contributed by atoms with Gasteiger partial charge >= 0.3 is 0 Å². The summed E-state index contributed by atoms with van der Waals surface area (Å²) in [6.07, 6.45) is 3.47. The number of aromatic nitrogens is 2. The summed E-state index contributed by atoms with van der Waals surface area (Å²) in [5.41, 5.74) is 10.8. The number of nitrogens with zero attached hydrogens (tertiary/aromatic N) is 3. The number of aryl methyl sites for hydroxylation is 2. The van der Waals surface area contributed by atoms with Crippen molar-refractivity contribution in [1.29, 1.82) is 0 Å². The number of ether oxygens (including phenoxy) is 1. The summed E-state index contributed by atoms with van der Waals surface area (Å²) in [5.74, 6) is 0.813. The topological polar surface area (TPSA) is 67.8 Å². The highest BCUT2D eigenvalue weighted by Crippen LogP contribution is 2.29. The zero-order chi connectivity index (χ0) is 14.9. The normalized spacial score (nSPS) is 18.7. The van der Waals surface area contributed by atoms with Gasteiger partial charge in [0, 0.05) is 31.9 Å². The van der Waals surface area contributed by atoms with Gasteiger partial charge in [-0.1, -0.05) is 6.07 Å². The van der Waals surface area contributed by atoms with E-state index in [1.165, 1.54) is 17.7 Å². The van der Waals surface area contributed by atoms with Crippen molar-refractivity contribution in [3.05, 3.63) is 23.4 Å². The summed E-state index contributed by atoms with van der Waals surface area (Å²) >= 11 is 0. The number of hydrogen-bond donors (Lipinski definition) is 2. The van der Waals surface area contributed by atoms with Crippen LogP contribution in [0.15, 0.2) is 12.1 Å². The van der Waals surface area contributed by atoms with Crippen LogP contribution in [0.4, 0.5) is 11.5 Å². The second-order valence-corrected chi connectivity index (χ2v) is 6.10. The average Bonchev–Trinajstić information content (AvgIpc) is 3.14. The second-order valence-electron chi connectivity index (χ2n) is 6.10. The van der Waals surface area contributed by atoms with E-state index in [0.29, 0.717) is 0 Å². The summed E-state index contributed by atoms with van der Waals surface area (Å²) in [6.45, 7) is 5.54. The number of pyridine rings is 1. The lowest BCUT2D eigenvalue weighted by molar-refractivity contribution is 0.0398. The van der Waals surface area contributed by atoms with Gasteiger partial charge < -0.3 is 15.8 Å². The van der Waals surface area contributed by atoms with Gasteiger partial charge in [0.1, 0.15) is 5.69 Å².